The molecule has 1 saturated heterocycles. The Morgan fingerprint density at radius 2 is 1.88 bits per heavy atom. The van der Waals surface area contributed by atoms with Crippen LogP contribution in [0.25, 0.3) is 5.69 Å². The van der Waals surface area contributed by atoms with Crippen molar-refractivity contribution in [2.24, 2.45) is 0 Å². The Morgan fingerprint density at radius 3 is 2.46 bits per heavy atom. The summed E-state index contributed by atoms with van der Waals surface area (Å²) in [6.07, 6.45) is 3.45. The molecular formula is C15H19N3O3S3. The van der Waals surface area contributed by atoms with E-state index in [0.29, 0.717) is 11.5 Å². The van der Waals surface area contributed by atoms with Gasteiger partial charge in [-0.1, -0.05) is 0 Å². The highest BCUT2D eigenvalue weighted by Gasteiger charge is 2.30. The van der Waals surface area contributed by atoms with Crippen LogP contribution in [0.1, 0.15) is 0 Å². The third-order valence-corrected chi connectivity index (χ3v) is 7.76. The summed E-state index contributed by atoms with van der Waals surface area (Å²) in [5.41, 5.74) is -0.220. The number of aromatic nitrogens is 2. The molecule has 0 saturated carbocycles. The SMILES string of the molecule is O=S(=O)(NCC1(O)CSCCSC1)c1ccc(-n2cccn2)cc1. The Bertz CT molecular complexity index is 753. The molecule has 0 radical (unpaired) electrons. The van der Waals surface area contributed by atoms with Gasteiger partial charge in [0, 0.05) is 41.9 Å². The summed E-state index contributed by atoms with van der Waals surface area (Å²) >= 11 is 3.31. The average Bonchev–Trinajstić information content (AvgIpc) is 3.03. The van der Waals surface area contributed by atoms with Crippen molar-refractivity contribution >= 4 is 33.5 Å². The van der Waals surface area contributed by atoms with Gasteiger partial charge >= 0.3 is 0 Å². The molecule has 1 aliphatic rings. The molecular weight excluding hydrogens is 366 g/mol. The number of aliphatic hydroxyl groups is 1. The Morgan fingerprint density at radius 1 is 1.21 bits per heavy atom. The van der Waals surface area contributed by atoms with Gasteiger partial charge in [0.15, 0.2) is 0 Å². The molecule has 3 rings (SSSR count). The zero-order valence-electron chi connectivity index (χ0n) is 13.0. The van der Waals surface area contributed by atoms with E-state index >= 15 is 0 Å². The largest absolute Gasteiger partial charge is 0.387 e. The van der Waals surface area contributed by atoms with E-state index in [0.717, 1.165) is 17.2 Å². The molecule has 0 aliphatic carbocycles. The van der Waals surface area contributed by atoms with Gasteiger partial charge in [-0.3, -0.25) is 0 Å². The molecule has 0 amide bonds. The minimum atomic E-state index is -3.65. The number of nitrogens with zero attached hydrogens (tertiary/aromatic N) is 2. The van der Waals surface area contributed by atoms with Gasteiger partial charge in [-0.15, -0.1) is 0 Å². The van der Waals surface area contributed by atoms with Gasteiger partial charge in [-0.2, -0.15) is 28.6 Å². The lowest BCUT2D eigenvalue weighted by atomic mass is 10.1. The lowest BCUT2D eigenvalue weighted by molar-refractivity contribution is 0.0962. The minimum Gasteiger partial charge on any atom is -0.387 e. The molecule has 1 aromatic heterocycles. The van der Waals surface area contributed by atoms with E-state index in [-0.39, 0.29) is 11.4 Å². The number of benzene rings is 1. The van der Waals surface area contributed by atoms with Crippen LogP contribution in [0.4, 0.5) is 0 Å². The molecule has 130 valence electrons. The maximum absolute atomic E-state index is 12.4. The Kier molecular flexibility index (Phi) is 5.56. The Hall–Kier alpha value is -1.00. The van der Waals surface area contributed by atoms with Crippen LogP contribution in [0.3, 0.4) is 0 Å². The number of nitrogens with one attached hydrogen (secondary N) is 1. The number of thioether (sulfide) groups is 2. The second kappa shape index (κ2) is 7.49. The van der Waals surface area contributed by atoms with Crippen LogP contribution in [0.2, 0.25) is 0 Å². The quantitative estimate of drug-likeness (QED) is 0.809. The third kappa shape index (κ3) is 4.34. The summed E-state index contributed by atoms with van der Waals surface area (Å²) in [6.45, 7) is 0.0240. The summed E-state index contributed by atoms with van der Waals surface area (Å²) in [6, 6.07) is 8.29. The molecule has 0 bridgehead atoms. The fourth-order valence-electron chi connectivity index (χ4n) is 2.30. The normalized spacial score (nSPS) is 18.2. The van der Waals surface area contributed by atoms with E-state index in [1.165, 1.54) is 0 Å². The molecule has 6 nitrogen and oxygen atoms in total. The van der Waals surface area contributed by atoms with Crippen LogP contribution in [-0.2, 0) is 10.0 Å². The summed E-state index contributed by atoms with van der Waals surface area (Å²) in [7, 11) is -3.65. The standard InChI is InChI=1S/C15H19N3O3S3/c19-15(11-22-8-9-23-12-15)10-17-24(20,21)14-4-2-13(3-5-14)18-7-1-6-16-18/h1-7,17,19H,8-12H2. The van der Waals surface area contributed by atoms with Crippen molar-refractivity contribution in [1.29, 1.82) is 0 Å². The number of rotatable bonds is 5. The van der Waals surface area contributed by atoms with Gasteiger partial charge in [0.25, 0.3) is 0 Å². The average molecular weight is 386 g/mol. The maximum Gasteiger partial charge on any atom is 0.240 e. The first-order chi connectivity index (χ1) is 11.5. The van der Waals surface area contributed by atoms with Crippen LogP contribution in [0, 0.1) is 0 Å². The van der Waals surface area contributed by atoms with E-state index in [1.807, 2.05) is 0 Å². The third-order valence-electron chi connectivity index (χ3n) is 3.62. The highest BCUT2D eigenvalue weighted by molar-refractivity contribution is 8.03. The monoisotopic (exact) mass is 385 g/mol. The van der Waals surface area contributed by atoms with E-state index in [1.54, 1.807) is 70.9 Å². The zero-order chi connectivity index (χ0) is 17.0. The molecule has 2 heterocycles. The minimum absolute atomic E-state index is 0.0240. The van der Waals surface area contributed by atoms with Crippen molar-refractivity contribution in [2.45, 2.75) is 10.5 Å². The van der Waals surface area contributed by atoms with Crippen LogP contribution in [-0.4, -0.2) is 58.5 Å². The summed E-state index contributed by atoms with van der Waals surface area (Å²) in [4.78, 5) is 0.177. The highest BCUT2D eigenvalue weighted by atomic mass is 32.2. The zero-order valence-corrected chi connectivity index (χ0v) is 15.4. The number of sulfonamides is 1. The lowest BCUT2D eigenvalue weighted by Gasteiger charge is -2.25. The molecule has 0 unspecified atom stereocenters. The first-order valence-electron chi connectivity index (χ1n) is 7.46. The molecule has 1 aliphatic heterocycles. The van der Waals surface area contributed by atoms with Crippen LogP contribution < -0.4 is 4.72 Å². The molecule has 2 N–H and O–H groups in total. The number of hydrogen-bond donors (Lipinski definition) is 2. The van der Waals surface area contributed by atoms with Gasteiger partial charge in [0.1, 0.15) is 0 Å². The van der Waals surface area contributed by atoms with Crippen molar-refractivity contribution in [3.05, 3.63) is 42.7 Å². The Balaban J connectivity index is 1.68. The predicted octanol–water partition coefficient (Wildman–Crippen LogP) is 1.36. The first-order valence-corrected chi connectivity index (χ1v) is 11.3. The second-order valence-electron chi connectivity index (χ2n) is 5.60. The molecule has 1 fully saturated rings. The smallest absolute Gasteiger partial charge is 0.240 e. The van der Waals surface area contributed by atoms with Crippen molar-refractivity contribution in [3.8, 4) is 5.69 Å². The van der Waals surface area contributed by atoms with Crippen LogP contribution in [0.5, 0.6) is 0 Å². The first kappa shape index (κ1) is 17.8. The van der Waals surface area contributed by atoms with Gasteiger partial charge in [-0.05, 0) is 30.3 Å². The second-order valence-corrected chi connectivity index (χ2v) is 9.58. The maximum atomic E-state index is 12.4. The van der Waals surface area contributed by atoms with E-state index < -0.39 is 15.6 Å². The Labute approximate surface area is 150 Å². The highest BCUT2D eigenvalue weighted by Crippen LogP contribution is 2.24. The summed E-state index contributed by atoms with van der Waals surface area (Å²) in [5, 5.41) is 14.7. The fourth-order valence-corrected chi connectivity index (χ4v) is 5.95. The topological polar surface area (TPSA) is 84.2 Å². The van der Waals surface area contributed by atoms with Crippen molar-refractivity contribution in [1.82, 2.24) is 14.5 Å². The van der Waals surface area contributed by atoms with Crippen molar-refractivity contribution in [3.63, 3.8) is 0 Å². The van der Waals surface area contributed by atoms with E-state index in [4.69, 9.17) is 0 Å². The molecule has 1 aromatic carbocycles. The predicted molar refractivity (Wildman–Crippen MR) is 98.4 cm³/mol. The van der Waals surface area contributed by atoms with Gasteiger partial charge in [-0.25, -0.2) is 17.8 Å². The fraction of sp³-hybridized carbons (Fsp3) is 0.400. The summed E-state index contributed by atoms with van der Waals surface area (Å²) < 4.78 is 29.1. The van der Waals surface area contributed by atoms with Crippen molar-refractivity contribution in [2.75, 3.05) is 29.6 Å². The number of hydrogen-bond acceptors (Lipinski definition) is 6. The van der Waals surface area contributed by atoms with Crippen molar-refractivity contribution < 1.29 is 13.5 Å². The summed E-state index contributed by atoms with van der Waals surface area (Å²) in [5.74, 6) is 3.05. The molecule has 0 atom stereocenters. The lowest BCUT2D eigenvalue weighted by Crippen LogP contribution is -2.46. The molecule has 0 spiro atoms. The van der Waals surface area contributed by atoms with E-state index in [9.17, 15) is 13.5 Å². The van der Waals surface area contributed by atoms with Gasteiger partial charge < -0.3 is 5.11 Å². The van der Waals surface area contributed by atoms with Crippen LogP contribution >= 0.6 is 23.5 Å². The van der Waals surface area contributed by atoms with E-state index in [2.05, 4.69) is 9.82 Å². The molecule has 9 heteroatoms. The van der Waals surface area contributed by atoms with Crippen LogP contribution in [0.15, 0.2) is 47.6 Å². The van der Waals surface area contributed by atoms with Gasteiger partial charge in [0.2, 0.25) is 10.0 Å². The molecule has 24 heavy (non-hydrogen) atoms. The van der Waals surface area contributed by atoms with Gasteiger partial charge in [0.05, 0.1) is 16.2 Å². The molecule has 2 aromatic rings.